The number of carbonyl (C=O) groups is 1. The average Bonchev–Trinajstić information content (AvgIpc) is 3.05. The average molecular weight is 388 g/mol. The number of hydrogen-bond donors (Lipinski definition) is 1. The summed E-state index contributed by atoms with van der Waals surface area (Å²) in [6, 6.07) is 14.0. The number of thiophene rings is 1. The number of nitrogens with zero attached hydrogens (tertiary/aromatic N) is 1. The monoisotopic (exact) mass is 386 g/mol. The summed E-state index contributed by atoms with van der Waals surface area (Å²) in [6.45, 7) is 1.31. The molecule has 0 spiro atoms. The van der Waals surface area contributed by atoms with Gasteiger partial charge in [0.15, 0.2) is 0 Å². The van der Waals surface area contributed by atoms with Crippen LogP contribution < -0.4 is 5.73 Å². The lowest BCUT2D eigenvalue weighted by Gasteiger charge is -2.15. The van der Waals surface area contributed by atoms with Crippen LogP contribution in [-0.4, -0.2) is 29.9 Å². The van der Waals surface area contributed by atoms with Crippen LogP contribution in [0.2, 0.25) is 0 Å². The van der Waals surface area contributed by atoms with Crippen LogP contribution in [-0.2, 0) is 0 Å². The van der Waals surface area contributed by atoms with Gasteiger partial charge in [-0.1, -0.05) is 30.3 Å². The Hall–Kier alpha value is -0.880. The van der Waals surface area contributed by atoms with E-state index in [0.717, 1.165) is 8.66 Å². The molecular weight excluding hydrogens is 372 g/mol. The van der Waals surface area contributed by atoms with Crippen molar-refractivity contribution in [3.8, 4) is 0 Å². The molecule has 1 fully saturated rings. The van der Waals surface area contributed by atoms with Gasteiger partial charge in [-0.2, -0.15) is 0 Å². The quantitative estimate of drug-likeness (QED) is 0.857. The summed E-state index contributed by atoms with van der Waals surface area (Å²) in [5.41, 5.74) is 7.43. The molecule has 1 aromatic carbocycles. The molecule has 0 bridgehead atoms. The van der Waals surface area contributed by atoms with Crippen LogP contribution in [0.5, 0.6) is 0 Å². The van der Waals surface area contributed by atoms with E-state index in [0.29, 0.717) is 13.1 Å². The van der Waals surface area contributed by atoms with Crippen molar-refractivity contribution < 1.29 is 4.79 Å². The number of rotatable bonds is 2. The van der Waals surface area contributed by atoms with Crippen LogP contribution in [0.4, 0.5) is 0 Å². The number of likely N-dealkylation sites (tertiary alicyclic amines) is 1. The van der Waals surface area contributed by atoms with Crippen molar-refractivity contribution in [2.75, 3.05) is 13.1 Å². The maximum atomic E-state index is 12.4. The molecule has 3 rings (SSSR count). The van der Waals surface area contributed by atoms with Gasteiger partial charge >= 0.3 is 0 Å². The van der Waals surface area contributed by atoms with Gasteiger partial charge in [0.05, 0.1) is 8.66 Å². The van der Waals surface area contributed by atoms with E-state index in [1.165, 1.54) is 16.9 Å². The van der Waals surface area contributed by atoms with Crippen LogP contribution in [0.15, 0.2) is 46.3 Å². The molecule has 1 saturated heterocycles. The molecule has 1 amide bonds. The van der Waals surface area contributed by atoms with E-state index < -0.39 is 0 Å². The molecule has 0 saturated carbocycles. The molecule has 2 N–H and O–H groups in total. The lowest BCUT2D eigenvalue weighted by Crippen LogP contribution is -2.31. The zero-order valence-corrected chi connectivity index (χ0v) is 14.5. The zero-order valence-electron chi connectivity index (χ0n) is 11.2. The molecule has 2 atom stereocenters. The van der Waals surface area contributed by atoms with Crippen LogP contribution in [0.1, 0.15) is 21.2 Å². The number of amides is 1. The summed E-state index contributed by atoms with van der Waals surface area (Å²) in [5, 5.41) is 0. The Labute approximate surface area is 142 Å². The first-order chi connectivity index (χ1) is 9.65. The zero-order chi connectivity index (χ0) is 14.1. The van der Waals surface area contributed by atoms with Gasteiger partial charge in [0, 0.05) is 25.0 Å². The van der Waals surface area contributed by atoms with Gasteiger partial charge in [0.25, 0.3) is 5.91 Å². The van der Waals surface area contributed by atoms with Crippen molar-refractivity contribution >= 4 is 45.6 Å². The smallest absolute Gasteiger partial charge is 0.264 e. The Morgan fingerprint density at radius 2 is 1.90 bits per heavy atom. The molecule has 0 radical (unpaired) electrons. The molecule has 21 heavy (non-hydrogen) atoms. The highest BCUT2D eigenvalue weighted by molar-refractivity contribution is 9.11. The molecule has 1 aliphatic rings. The van der Waals surface area contributed by atoms with Gasteiger partial charge in [0.1, 0.15) is 0 Å². The summed E-state index contributed by atoms with van der Waals surface area (Å²) in [5.74, 6) is 0.304. The Morgan fingerprint density at radius 3 is 2.52 bits per heavy atom. The van der Waals surface area contributed by atoms with Gasteiger partial charge in [-0.05, 0) is 33.6 Å². The van der Waals surface area contributed by atoms with E-state index in [-0.39, 0.29) is 30.3 Å². The maximum Gasteiger partial charge on any atom is 0.264 e. The van der Waals surface area contributed by atoms with E-state index in [1.54, 1.807) is 0 Å². The third kappa shape index (κ3) is 3.48. The predicted octanol–water partition coefficient (Wildman–Crippen LogP) is 3.50. The lowest BCUT2D eigenvalue weighted by molar-refractivity contribution is 0.0794. The first-order valence-electron chi connectivity index (χ1n) is 6.50. The standard InChI is InChI=1S/C15H15BrN2OS.ClH/c16-14-7-6-13(20-14)15(19)18-8-11(12(17)9-18)10-4-2-1-3-5-10;/h1-7,11-12H,8-9,17H2;1H/t11-,12+;/m0./s1. The number of carbonyl (C=O) groups excluding carboxylic acids is 1. The highest BCUT2D eigenvalue weighted by atomic mass is 79.9. The second-order valence-corrected chi connectivity index (χ2v) is 7.46. The highest BCUT2D eigenvalue weighted by Gasteiger charge is 2.34. The predicted molar refractivity (Wildman–Crippen MR) is 92.3 cm³/mol. The van der Waals surface area contributed by atoms with Crippen LogP contribution >= 0.6 is 39.7 Å². The SMILES string of the molecule is Cl.N[C@@H]1CN(C(=O)c2ccc(Br)s2)C[C@H]1c1ccccc1. The maximum absolute atomic E-state index is 12.4. The van der Waals surface area contributed by atoms with E-state index in [9.17, 15) is 4.79 Å². The minimum absolute atomic E-state index is 0. The summed E-state index contributed by atoms with van der Waals surface area (Å²) < 4.78 is 0.976. The minimum Gasteiger partial charge on any atom is -0.336 e. The van der Waals surface area contributed by atoms with Crippen molar-refractivity contribution in [1.29, 1.82) is 0 Å². The lowest BCUT2D eigenvalue weighted by atomic mass is 9.95. The van der Waals surface area contributed by atoms with E-state index in [1.807, 2.05) is 35.2 Å². The molecule has 112 valence electrons. The second-order valence-electron chi connectivity index (χ2n) is 4.99. The largest absolute Gasteiger partial charge is 0.336 e. The molecule has 2 aromatic rings. The fourth-order valence-electron chi connectivity index (χ4n) is 2.63. The Bertz CT molecular complexity index is 619. The van der Waals surface area contributed by atoms with Crippen molar-refractivity contribution in [3.05, 3.63) is 56.7 Å². The first-order valence-corrected chi connectivity index (χ1v) is 8.11. The molecule has 0 aliphatic carbocycles. The number of benzene rings is 1. The summed E-state index contributed by atoms with van der Waals surface area (Å²) >= 11 is 4.86. The number of hydrogen-bond acceptors (Lipinski definition) is 3. The number of nitrogens with two attached hydrogens (primary N) is 1. The van der Waals surface area contributed by atoms with E-state index in [4.69, 9.17) is 5.73 Å². The van der Waals surface area contributed by atoms with Crippen molar-refractivity contribution in [3.63, 3.8) is 0 Å². The minimum atomic E-state index is 0. The molecule has 0 unspecified atom stereocenters. The Balaban J connectivity index is 0.00000161. The molecule has 2 heterocycles. The van der Waals surface area contributed by atoms with Crippen molar-refractivity contribution in [2.24, 2.45) is 5.73 Å². The number of halogens is 2. The molecule has 3 nitrogen and oxygen atoms in total. The van der Waals surface area contributed by atoms with E-state index in [2.05, 4.69) is 28.1 Å². The summed E-state index contributed by atoms with van der Waals surface area (Å²) in [6.07, 6.45) is 0. The third-order valence-corrected chi connectivity index (χ3v) is 5.28. The molecular formula is C15H16BrClN2OS. The first kappa shape index (κ1) is 16.5. The molecule has 1 aliphatic heterocycles. The van der Waals surface area contributed by atoms with Gasteiger partial charge in [-0.3, -0.25) is 4.79 Å². The van der Waals surface area contributed by atoms with Crippen LogP contribution in [0.25, 0.3) is 0 Å². The second kappa shape index (κ2) is 6.92. The van der Waals surface area contributed by atoms with Crippen molar-refractivity contribution in [2.45, 2.75) is 12.0 Å². The fourth-order valence-corrected chi connectivity index (χ4v) is 3.99. The Morgan fingerprint density at radius 1 is 1.19 bits per heavy atom. The summed E-state index contributed by atoms with van der Waals surface area (Å²) in [4.78, 5) is 15.1. The third-order valence-electron chi connectivity index (χ3n) is 3.66. The van der Waals surface area contributed by atoms with E-state index >= 15 is 0 Å². The molecule has 1 aromatic heterocycles. The summed E-state index contributed by atoms with van der Waals surface area (Å²) in [7, 11) is 0. The topological polar surface area (TPSA) is 46.3 Å². The normalized spacial score (nSPS) is 21.1. The Kier molecular flexibility index (Phi) is 5.43. The highest BCUT2D eigenvalue weighted by Crippen LogP contribution is 2.29. The van der Waals surface area contributed by atoms with Gasteiger partial charge in [-0.15, -0.1) is 23.7 Å². The molecule has 6 heteroatoms. The van der Waals surface area contributed by atoms with Crippen LogP contribution in [0, 0.1) is 0 Å². The van der Waals surface area contributed by atoms with Crippen molar-refractivity contribution in [1.82, 2.24) is 4.90 Å². The van der Waals surface area contributed by atoms with Gasteiger partial charge in [-0.25, -0.2) is 0 Å². The van der Waals surface area contributed by atoms with Gasteiger partial charge in [0.2, 0.25) is 0 Å². The fraction of sp³-hybridized carbons (Fsp3) is 0.267. The van der Waals surface area contributed by atoms with Crippen LogP contribution in [0.3, 0.4) is 0 Å². The van der Waals surface area contributed by atoms with Gasteiger partial charge < -0.3 is 10.6 Å².